The van der Waals surface area contributed by atoms with Crippen molar-refractivity contribution in [1.29, 1.82) is 0 Å². The molecule has 0 aliphatic heterocycles. The van der Waals surface area contributed by atoms with Gasteiger partial charge in [-0.3, -0.25) is 4.79 Å². The number of benzene rings is 1. The van der Waals surface area contributed by atoms with Crippen molar-refractivity contribution in [3.8, 4) is 0 Å². The van der Waals surface area contributed by atoms with Gasteiger partial charge >= 0.3 is 0 Å². The highest BCUT2D eigenvalue weighted by molar-refractivity contribution is 5.93. The fraction of sp³-hybridized carbons (Fsp3) is 0.462. The highest BCUT2D eigenvalue weighted by Crippen LogP contribution is 2.19. The Morgan fingerprint density at radius 3 is 2.65 bits per heavy atom. The topological polar surface area (TPSA) is 40.5 Å². The van der Waals surface area contributed by atoms with Gasteiger partial charge in [0.25, 0.3) is 0 Å². The first kappa shape index (κ1) is 13.6. The van der Waals surface area contributed by atoms with Gasteiger partial charge in [0.15, 0.2) is 0 Å². The standard InChI is InChI=1S/C13H18FNO2/c1-2-15(13(17)9-5-6-10-16)12-8-4-3-7-11(12)14/h3-4,7-8,16H,2,5-6,9-10H2,1H3. The van der Waals surface area contributed by atoms with Gasteiger partial charge in [0.1, 0.15) is 5.82 Å². The summed E-state index contributed by atoms with van der Waals surface area (Å²) in [5, 5.41) is 8.65. The van der Waals surface area contributed by atoms with Crippen LogP contribution >= 0.6 is 0 Å². The number of halogens is 1. The zero-order chi connectivity index (χ0) is 12.7. The molecule has 1 N–H and O–H groups in total. The molecule has 4 heteroatoms. The summed E-state index contributed by atoms with van der Waals surface area (Å²) in [5.41, 5.74) is 0.323. The molecule has 0 saturated carbocycles. The minimum atomic E-state index is -0.384. The zero-order valence-corrected chi connectivity index (χ0v) is 10.0. The van der Waals surface area contributed by atoms with E-state index in [9.17, 15) is 9.18 Å². The SMILES string of the molecule is CCN(C(=O)CCCCO)c1ccccc1F. The fourth-order valence-electron chi connectivity index (χ4n) is 1.67. The third-order valence-electron chi connectivity index (χ3n) is 2.56. The van der Waals surface area contributed by atoms with Gasteiger partial charge in [-0.05, 0) is 31.9 Å². The van der Waals surface area contributed by atoms with Gasteiger partial charge in [0.2, 0.25) is 5.91 Å². The number of carbonyl (C=O) groups is 1. The smallest absolute Gasteiger partial charge is 0.227 e. The van der Waals surface area contributed by atoms with E-state index >= 15 is 0 Å². The molecule has 1 amide bonds. The van der Waals surface area contributed by atoms with Crippen molar-refractivity contribution in [2.75, 3.05) is 18.1 Å². The van der Waals surface area contributed by atoms with Crippen molar-refractivity contribution < 1.29 is 14.3 Å². The Balaban J connectivity index is 2.71. The lowest BCUT2D eigenvalue weighted by atomic mass is 10.2. The molecule has 0 aliphatic carbocycles. The second kappa shape index (κ2) is 7.01. The third-order valence-corrected chi connectivity index (χ3v) is 2.56. The maximum atomic E-state index is 13.5. The van der Waals surface area contributed by atoms with Crippen molar-refractivity contribution in [2.24, 2.45) is 0 Å². The van der Waals surface area contributed by atoms with Crippen LogP contribution in [0.3, 0.4) is 0 Å². The molecule has 1 rings (SSSR count). The minimum Gasteiger partial charge on any atom is -0.396 e. The Labute approximate surface area is 101 Å². The summed E-state index contributed by atoms with van der Waals surface area (Å²) in [6.45, 7) is 2.34. The molecule has 17 heavy (non-hydrogen) atoms. The van der Waals surface area contributed by atoms with E-state index in [1.807, 2.05) is 6.92 Å². The minimum absolute atomic E-state index is 0.0824. The van der Waals surface area contributed by atoms with E-state index in [1.165, 1.54) is 11.0 Å². The number of aliphatic hydroxyl groups is 1. The molecule has 0 heterocycles. The molecule has 0 aliphatic rings. The second-order valence-electron chi connectivity index (χ2n) is 3.77. The molecule has 0 saturated heterocycles. The molecule has 0 atom stereocenters. The van der Waals surface area contributed by atoms with E-state index < -0.39 is 0 Å². The summed E-state index contributed by atoms with van der Waals surface area (Å²) < 4.78 is 13.5. The lowest BCUT2D eigenvalue weighted by Crippen LogP contribution is -2.31. The molecule has 0 radical (unpaired) electrons. The largest absolute Gasteiger partial charge is 0.396 e. The van der Waals surface area contributed by atoms with Crippen LogP contribution in [-0.4, -0.2) is 24.2 Å². The molecule has 1 aromatic carbocycles. The maximum Gasteiger partial charge on any atom is 0.227 e. The van der Waals surface area contributed by atoms with Gasteiger partial charge < -0.3 is 10.0 Å². The van der Waals surface area contributed by atoms with Crippen molar-refractivity contribution in [3.63, 3.8) is 0 Å². The van der Waals surface area contributed by atoms with E-state index in [0.29, 0.717) is 31.5 Å². The average Bonchev–Trinajstić information content (AvgIpc) is 2.33. The van der Waals surface area contributed by atoms with Gasteiger partial charge in [-0.2, -0.15) is 0 Å². The average molecular weight is 239 g/mol. The highest BCUT2D eigenvalue weighted by Gasteiger charge is 2.16. The van der Waals surface area contributed by atoms with E-state index in [-0.39, 0.29) is 18.3 Å². The number of hydrogen-bond donors (Lipinski definition) is 1. The van der Waals surface area contributed by atoms with Crippen LogP contribution in [0.4, 0.5) is 10.1 Å². The Bertz CT molecular complexity index is 368. The number of para-hydroxylation sites is 1. The number of amides is 1. The van der Waals surface area contributed by atoms with Crippen LogP contribution in [0, 0.1) is 5.82 Å². The first-order valence-corrected chi connectivity index (χ1v) is 5.86. The lowest BCUT2D eigenvalue weighted by Gasteiger charge is -2.21. The lowest BCUT2D eigenvalue weighted by molar-refractivity contribution is -0.118. The summed E-state index contributed by atoms with van der Waals surface area (Å²) >= 11 is 0. The van der Waals surface area contributed by atoms with E-state index in [1.54, 1.807) is 18.2 Å². The summed E-state index contributed by atoms with van der Waals surface area (Å²) in [5.74, 6) is -0.490. The predicted molar refractivity (Wildman–Crippen MR) is 65.4 cm³/mol. The molecule has 0 spiro atoms. The molecule has 3 nitrogen and oxygen atoms in total. The van der Waals surface area contributed by atoms with Crippen LogP contribution in [0.25, 0.3) is 0 Å². The number of anilines is 1. The number of unbranched alkanes of at least 4 members (excludes halogenated alkanes) is 1. The van der Waals surface area contributed by atoms with Gasteiger partial charge in [-0.1, -0.05) is 12.1 Å². The molecule has 1 aromatic rings. The third kappa shape index (κ3) is 3.82. The fourth-order valence-corrected chi connectivity index (χ4v) is 1.67. The monoisotopic (exact) mass is 239 g/mol. The summed E-state index contributed by atoms with van der Waals surface area (Å²) in [4.78, 5) is 13.3. The van der Waals surface area contributed by atoms with Crippen LogP contribution in [-0.2, 0) is 4.79 Å². The number of carbonyl (C=O) groups excluding carboxylic acids is 1. The molecular formula is C13H18FNO2. The van der Waals surface area contributed by atoms with Crippen LogP contribution in [0.2, 0.25) is 0 Å². The Morgan fingerprint density at radius 1 is 1.35 bits per heavy atom. The Hall–Kier alpha value is -1.42. The van der Waals surface area contributed by atoms with E-state index in [2.05, 4.69) is 0 Å². The van der Waals surface area contributed by atoms with Crippen LogP contribution in [0.5, 0.6) is 0 Å². The molecule has 0 aromatic heterocycles. The van der Waals surface area contributed by atoms with Crippen molar-refractivity contribution >= 4 is 11.6 Å². The predicted octanol–water partition coefficient (Wildman–Crippen LogP) is 2.34. The van der Waals surface area contributed by atoms with Gasteiger partial charge in [-0.25, -0.2) is 4.39 Å². The van der Waals surface area contributed by atoms with Crippen LogP contribution in [0.1, 0.15) is 26.2 Å². The van der Waals surface area contributed by atoms with Crippen molar-refractivity contribution in [3.05, 3.63) is 30.1 Å². The van der Waals surface area contributed by atoms with E-state index in [4.69, 9.17) is 5.11 Å². The second-order valence-corrected chi connectivity index (χ2v) is 3.77. The molecule has 0 fully saturated rings. The molecule has 94 valence electrons. The molecule has 0 bridgehead atoms. The van der Waals surface area contributed by atoms with Crippen LogP contribution in [0.15, 0.2) is 24.3 Å². The summed E-state index contributed by atoms with van der Waals surface area (Å²) in [6, 6.07) is 6.26. The number of nitrogens with zero attached hydrogens (tertiary/aromatic N) is 1. The summed E-state index contributed by atoms with van der Waals surface area (Å²) in [7, 11) is 0. The first-order valence-electron chi connectivity index (χ1n) is 5.86. The molecular weight excluding hydrogens is 221 g/mol. The van der Waals surface area contributed by atoms with Crippen molar-refractivity contribution in [2.45, 2.75) is 26.2 Å². The quantitative estimate of drug-likeness (QED) is 0.774. The highest BCUT2D eigenvalue weighted by atomic mass is 19.1. The zero-order valence-electron chi connectivity index (χ0n) is 10.0. The van der Waals surface area contributed by atoms with Crippen molar-refractivity contribution in [1.82, 2.24) is 0 Å². The van der Waals surface area contributed by atoms with Gasteiger partial charge in [0, 0.05) is 19.6 Å². The molecule has 0 unspecified atom stereocenters. The number of rotatable bonds is 6. The first-order chi connectivity index (χ1) is 8.20. The summed E-state index contributed by atoms with van der Waals surface area (Å²) in [6.07, 6.45) is 1.56. The van der Waals surface area contributed by atoms with Crippen LogP contribution < -0.4 is 4.90 Å². The van der Waals surface area contributed by atoms with E-state index in [0.717, 1.165) is 0 Å². The normalized spacial score (nSPS) is 10.3. The maximum absolute atomic E-state index is 13.5. The van der Waals surface area contributed by atoms with Gasteiger partial charge in [-0.15, -0.1) is 0 Å². The number of aliphatic hydroxyl groups excluding tert-OH is 1. The Kier molecular flexibility index (Phi) is 5.63. The number of hydrogen-bond acceptors (Lipinski definition) is 2. The Morgan fingerprint density at radius 2 is 2.06 bits per heavy atom. The van der Waals surface area contributed by atoms with Gasteiger partial charge in [0.05, 0.1) is 5.69 Å².